The largest absolute Gasteiger partial charge is 0.377 e. The number of aromatic nitrogens is 1. The van der Waals surface area contributed by atoms with Crippen molar-refractivity contribution in [3.8, 4) is 0 Å². The van der Waals surface area contributed by atoms with Crippen LogP contribution in [0.15, 0.2) is 60.8 Å². The van der Waals surface area contributed by atoms with E-state index < -0.39 is 0 Å². The van der Waals surface area contributed by atoms with Crippen LogP contribution in [0.25, 0.3) is 22.9 Å². The summed E-state index contributed by atoms with van der Waals surface area (Å²) in [5.41, 5.74) is 3.66. The zero-order valence-electron chi connectivity index (χ0n) is 14.2. The van der Waals surface area contributed by atoms with E-state index in [1.165, 1.54) is 27.7 Å². The summed E-state index contributed by atoms with van der Waals surface area (Å²) in [5.74, 6) is 0.829. The second-order valence-electron chi connectivity index (χ2n) is 5.99. The Balaban J connectivity index is 2.04. The van der Waals surface area contributed by atoms with Crippen LogP contribution in [0.4, 0.5) is 5.69 Å². The molecule has 0 fully saturated rings. The van der Waals surface area contributed by atoms with Crippen molar-refractivity contribution in [3.05, 3.63) is 72.1 Å². The van der Waals surface area contributed by atoms with E-state index in [9.17, 15) is 0 Å². The molecule has 0 aliphatic rings. The van der Waals surface area contributed by atoms with Crippen LogP contribution in [0.2, 0.25) is 0 Å². The lowest BCUT2D eigenvalue weighted by Gasteiger charge is -2.16. The van der Waals surface area contributed by atoms with Crippen molar-refractivity contribution < 1.29 is 4.57 Å². The summed E-state index contributed by atoms with van der Waals surface area (Å²) in [6.07, 6.45) is 6.48. The van der Waals surface area contributed by atoms with Crippen LogP contribution in [-0.4, -0.2) is 19.8 Å². The summed E-state index contributed by atoms with van der Waals surface area (Å²) >= 11 is 4.35. The second-order valence-corrected chi connectivity index (χ2v) is 6.44. The smallest absolute Gasteiger partial charge is 0.205 e. The Labute approximate surface area is 149 Å². The van der Waals surface area contributed by atoms with Gasteiger partial charge in [-0.05, 0) is 29.2 Å². The number of anilines is 1. The van der Waals surface area contributed by atoms with Crippen molar-refractivity contribution in [2.45, 2.75) is 6.54 Å². The number of benzene rings is 2. The molecule has 0 aliphatic heterocycles. The molecule has 0 N–H and O–H groups in total. The lowest BCUT2D eigenvalue weighted by Crippen LogP contribution is -2.37. The molecule has 0 saturated heterocycles. The summed E-state index contributed by atoms with van der Waals surface area (Å²) in [6, 6.07) is 19.2. The van der Waals surface area contributed by atoms with E-state index >= 15 is 0 Å². The SMILES string of the molecule is CN(C)c1ccc(/C=C/c2cccc[n+]2CCS)c2ccccc12. The molecule has 1 heterocycles. The van der Waals surface area contributed by atoms with Crippen LogP contribution in [0.1, 0.15) is 11.3 Å². The van der Waals surface area contributed by atoms with Gasteiger partial charge in [-0.3, -0.25) is 0 Å². The molecule has 0 bridgehead atoms. The van der Waals surface area contributed by atoms with Gasteiger partial charge in [0.1, 0.15) is 0 Å². The van der Waals surface area contributed by atoms with Crippen molar-refractivity contribution in [1.29, 1.82) is 0 Å². The number of rotatable bonds is 5. The fourth-order valence-electron chi connectivity index (χ4n) is 2.97. The molecule has 1 aromatic heterocycles. The molecule has 0 amide bonds. The number of aryl methyl sites for hydroxylation is 1. The Hall–Kier alpha value is -2.26. The molecule has 24 heavy (non-hydrogen) atoms. The first-order valence-electron chi connectivity index (χ1n) is 8.17. The molecular weight excluding hydrogens is 312 g/mol. The van der Waals surface area contributed by atoms with Gasteiger partial charge < -0.3 is 4.90 Å². The van der Waals surface area contributed by atoms with E-state index in [0.29, 0.717) is 0 Å². The molecule has 0 saturated carbocycles. The topological polar surface area (TPSA) is 7.12 Å². The monoisotopic (exact) mass is 335 g/mol. The molecule has 3 rings (SSSR count). The Kier molecular flexibility index (Phi) is 5.21. The van der Waals surface area contributed by atoms with Crippen LogP contribution >= 0.6 is 12.6 Å². The number of hydrogen-bond acceptors (Lipinski definition) is 2. The van der Waals surface area contributed by atoms with Gasteiger partial charge >= 0.3 is 0 Å². The van der Waals surface area contributed by atoms with Gasteiger partial charge in [0.2, 0.25) is 5.69 Å². The maximum Gasteiger partial charge on any atom is 0.205 e. The van der Waals surface area contributed by atoms with Crippen molar-refractivity contribution in [1.82, 2.24) is 0 Å². The van der Waals surface area contributed by atoms with Gasteiger partial charge in [-0.2, -0.15) is 17.2 Å². The first kappa shape index (κ1) is 16.6. The third kappa shape index (κ3) is 3.46. The minimum atomic E-state index is 0.829. The van der Waals surface area contributed by atoms with Crippen molar-refractivity contribution in [2.24, 2.45) is 0 Å². The summed E-state index contributed by atoms with van der Waals surface area (Å²) < 4.78 is 2.22. The number of pyridine rings is 1. The molecule has 0 aliphatic carbocycles. The Morgan fingerprint density at radius 1 is 0.917 bits per heavy atom. The van der Waals surface area contributed by atoms with E-state index in [0.717, 1.165) is 12.3 Å². The average molecular weight is 335 g/mol. The molecule has 3 heteroatoms. The molecule has 122 valence electrons. The maximum atomic E-state index is 4.35. The predicted molar refractivity (Wildman–Crippen MR) is 108 cm³/mol. The Bertz CT molecular complexity index is 869. The molecule has 3 aromatic rings. The average Bonchev–Trinajstić information content (AvgIpc) is 2.60. The quantitative estimate of drug-likeness (QED) is 0.539. The summed E-state index contributed by atoms with van der Waals surface area (Å²) in [6.45, 7) is 0.907. The van der Waals surface area contributed by atoms with E-state index in [4.69, 9.17) is 0 Å². The first-order chi connectivity index (χ1) is 11.7. The zero-order chi connectivity index (χ0) is 16.9. The van der Waals surface area contributed by atoms with Gasteiger partial charge in [0.15, 0.2) is 12.7 Å². The van der Waals surface area contributed by atoms with Crippen LogP contribution < -0.4 is 9.47 Å². The Morgan fingerprint density at radius 3 is 2.42 bits per heavy atom. The van der Waals surface area contributed by atoms with Gasteiger partial charge in [-0.1, -0.05) is 30.3 Å². The van der Waals surface area contributed by atoms with Crippen LogP contribution in [0.5, 0.6) is 0 Å². The molecule has 0 radical (unpaired) electrons. The number of hydrogen-bond donors (Lipinski definition) is 1. The third-order valence-electron chi connectivity index (χ3n) is 4.17. The predicted octanol–water partition coefficient (Wildman–Crippen LogP) is 4.29. The van der Waals surface area contributed by atoms with Crippen molar-refractivity contribution in [2.75, 3.05) is 24.7 Å². The fraction of sp³-hybridized carbons (Fsp3) is 0.190. The summed E-state index contributed by atoms with van der Waals surface area (Å²) in [4.78, 5) is 2.16. The lowest BCUT2D eigenvalue weighted by atomic mass is 10.0. The van der Waals surface area contributed by atoms with Gasteiger partial charge in [-0.15, -0.1) is 0 Å². The molecule has 0 atom stereocenters. The highest BCUT2D eigenvalue weighted by atomic mass is 32.1. The van der Waals surface area contributed by atoms with Gasteiger partial charge in [0.05, 0.1) is 0 Å². The lowest BCUT2D eigenvalue weighted by molar-refractivity contribution is -0.694. The van der Waals surface area contributed by atoms with Gasteiger partial charge in [-0.25, -0.2) is 0 Å². The molecular formula is C21H23N2S+. The molecule has 2 nitrogen and oxygen atoms in total. The van der Waals surface area contributed by atoms with Crippen molar-refractivity contribution >= 4 is 41.2 Å². The van der Waals surface area contributed by atoms with Crippen LogP contribution in [-0.2, 0) is 6.54 Å². The summed E-state index contributed by atoms with van der Waals surface area (Å²) in [7, 11) is 4.17. The highest BCUT2D eigenvalue weighted by Crippen LogP contribution is 2.29. The third-order valence-corrected chi connectivity index (χ3v) is 4.37. The second kappa shape index (κ2) is 7.54. The first-order valence-corrected chi connectivity index (χ1v) is 8.80. The van der Waals surface area contributed by atoms with Crippen LogP contribution in [0.3, 0.4) is 0 Å². The van der Waals surface area contributed by atoms with Gasteiger partial charge in [0, 0.05) is 49.1 Å². The van der Waals surface area contributed by atoms with E-state index in [1.54, 1.807) is 0 Å². The van der Waals surface area contributed by atoms with Crippen molar-refractivity contribution in [3.63, 3.8) is 0 Å². The standard InChI is InChI=1S/C21H22N2S/c1-22(2)21-13-11-17(19-8-3-4-9-20(19)21)10-12-18-7-5-6-14-23(18)15-16-24/h3-14H,15-16H2,1-2H3/p+1. The molecule has 0 unspecified atom stereocenters. The number of fused-ring (bicyclic) bond motifs is 1. The van der Waals surface area contributed by atoms with Gasteiger partial charge in [0.25, 0.3) is 0 Å². The highest BCUT2D eigenvalue weighted by molar-refractivity contribution is 7.80. The minimum absolute atomic E-state index is 0.829. The number of nitrogens with zero attached hydrogens (tertiary/aromatic N) is 2. The van der Waals surface area contributed by atoms with E-state index in [-0.39, 0.29) is 0 Å². The molecule has 2 aromatic carbocycles. The Morgan fingerprint density at radius 2 is 1.67 bits per heavy atom. The fourth-order valence-corrected chi connectivity index (χ4v) is 3.18. The number of thiol groups is 1. The van der Waals surface area contributed by atoms with E-state index in [2.05, 4.69) is 109 Å². The van der Waals surface area contributed by atoms with E-state index in [1.807, 2.05) is 0 Å². The highest BCUT2D eigenvalue weighted by Gasteiger charge is 2.07. The molecule has 0 spiro atoms. The maximum absolute atomic E-state index is 4.35. The minimum Gasteiger partial charge on any atom is -0.377 e. The van der Waals surface area contributed by atoms with Crippen LogP contribution in [0, 0.1) is 0 Å². The summed E-state index contributed by atoms with van der Waals surface area (Å²) in [5, 5.41) is 2.55. The zero-order valence-corrected chi connectivity index (χ0v) is 15.1. The normalized spacial score (nSPS) is 11.3.